The first-order chi connectivity index (χ1) is 9.60. The Morgan fingerprint density at radius 3 is 2.50 bits per heavy atom. The lowest BCUT2D eigenvalue weighted by molar-refractivity contribution is -0.138. The summed E-state index contributed by atoms with van der Waals surface area (Å²) in [5.74, 6) is -1.56. The van der Waals surface area contributed by atoms with Crippen molar-refractivity contribution in [3.63, 3.8) is 0 Å². The molecule has 0 aliphatic carbocycles. The number of carbonyl (C=O) groups is 1. The summed E-state index contributed by atoms with van der Waals surface area (Å²) in [5, 5.41) is 9.30. The highest BCUT2D eigenvalue weighted by Gasteiger charge is 2.21. The smallest absolute Gasteiger partial charge is 0.312 e. The third kappa shape index (κ3) is 3.32. The van der Waals surface area contributed by atoms with Gasteiger partial charge in [0, 0.05) is 0 Å². The zero-order valence-electron chi connectivity index (χ0n) is 10.9. The highest BCUT2D eigenvalue weighted by molar-refractivity contribution is 5.75. The zero-order chi connectivity index (χ0) is 14.5. The van der Waals surface area contributed by atoms with Crippen molar-refractivity contribution < 1.29 is 19.0 Å². The molecule has 0 aliphatic rings. The average molecular weight is 275 g/mol. The maximum Gasteiger partial charge on any atom is 0.312 e. The molecule has 0 radical (unpaired) electrons. The molecule has 4 nitrogen and oxygen atoms in total. The Hall–Kier alpha value is -2.43. The van der Waals surface area contributed by atoms with E-state index >= 15 is 0 Å². The van der Waals surface area contributed by atoms with Crippen molar-refractivity contribution in [3.8, 4) is 5.75 Å². The molecule has 0 fully saturated rings. The zero-order valence-corrected chi connectivity index (χ0v) is 10.9. The molecule has 5 heteroatoms. The van der Waals surface area contributed by atoms with Crippen molar-refractivity contribution in [3.05, 3.63) is 59.7 Å². The summed E-state index contributed by atoms with van der Waals surface area (Å²) in [7, 11) is 1.57. The number of pyridine rings is 1. The number of nitrogens with zero attached hydrogens (tertiary/aromatic N) is 1. The first kappa shape index (κ1) is 14.0. The molecule has 1 atom stereocenters. The molecular formula is C15H14FNO3. The van der Waals surface area contributed by atoms with Gasteiger partial charge in [-0.15, -0.1) is 0 Å². The van der Waals surface area contributed by atoms with E-state index in [4.69, 9.17) is 4.74 Å². The van der Waals surface area contributed by atoms with Gasteiger partial charge in [-0.1, -0.05) is 12.1 Å². The summed E-state index contributed by atoms with van der Waals surface area (Å²) in [6.07, 6.45) is 1.32. The van der Waals surface area contributed by atoms with Crippen LogP contribution in [0, 0.1) is 5.82 Å². The number of halogens is 1. The molecule has 1 heterocycles. The van der Waals surface area contributed by atoms with Gasteiger partial charge in [-0.3, -0.25) is 9.78 Å². The van der Waals surface area contributed by atoms with Crippen molar-refractivity contribution in [1.29, 1.82) is 0 Å². The molecule has 1 aromatic carbocycles. The van der Waals surface area contributed by atoms with Gasteiger partial charge < -0.3 is 9.84 Å². The standard InChI is InChI=1S/C15H14FNO3/c1-20-12-5-2-10(3-6-12)8-13(15(18)19)14-7-4-11(16)9-17-14/h2-7,9,13H,8H2,1H3,(H,18,19). The van der Waals surface area contributed by atoms with Crippen molar-refractivity contribution in [2.75, 3.05) is 7.11 Å². The topological polar surface area (TPSA) is 59.4 Å². The maximum atomic E-state index is 12.8. The molecule has 0 amide bonds. The summed E-state index contributed by atoms with van der Waals surface area (Å²) in [5.41, 5.74) is 1.19. The molecule has 0 spiro atoms. The lowest BCUT2D eigenvalue weighted by Crippen LogP contribution is -2.15. The summed E-state index contributed by atoms with van der Waals surface area (Å²) < 4.78 is 17.9. The quantitative estimate of drug-likeness (QED) is 0.911. The number of carboxylic acid groups (broad SMARTS) is 1. The van der Waals surface area contributed by atoms with Crippen LogP contribution in [-0.4, -0.2) is 23.2 Å². The Bertz CT molecular complexity index is 581. The lowest BCUT2D eigenvalue weighted by atomic mass is 9.96. The monoisotopic (exact) mass is 275 g/mol. The van der Waals surface area contributed by atoms with Crippen molar-refractivity contribution >= 4 is 5.97 Å². The lowest BCUT2D eigenvalue weighted by Gasteiger charge is -2.12. The summed E-state index contributed by atoms with van der Waals surface area (Å²) in [6.45, 7) is 0. The molecule has 0 aliphatic heterocycles. The third-order valence-corrected chi connectivity index (χ3v) is 3.00. The second kappa shape index (κ2) is 6.14. The number of ether oxygens (including phenoxy) is 1. The summed E-state index contributed by atoms with van der Waals surface area (Å²) in [6, 6.07) is 9.76. The predicted octanol–water partition coefficient (Wildman–Crippen LogP) is 2.64. The number of rotatable bonds is 5. The molecule has 1 N–H and O–H groups in total. The average Bonchev–Trinajstić information content (AvgIpc) is 2.46. The maximum absolute atomic E-state index is 12.8. The van der Waals surface area contributed by atoms with Crippen LogP contribution in [-0.2, 0) is 11.2 Å². The van der Waals surface area contributed by atoms with Crippen LogP contribution in [0.15, 0.2) is 42.6 Å². The van der Waals surface area contributed by atoms with Gasteiger partial charge >= 0.3 is 5.97 Å². The van der Waals surface area contributed by atoms with Gasteiger partial charge in [0.2, 0.25) is 0 Å². The van der Waals surface area contributed by atoms with E-state index in [0.717, 1.165) is 11.8 Å². The largest absolute Gasteiger partial charge is 0.497 e. The fraction of sp³-hybridized carbons (Fsp3) is 0.200. The minimum absolute atomic E-state index is 0.290. The molecule has 0 bridgehead atoms. The van der Waals surface area contributed by atoms with E-state index in [0.29, 0.717) is 11.4 Å². The highest BCUT2D eigenvalue weighted by Crippen LogP contribution is 2.21. The number of aromatic nitrogens is 1. The number of benzene rings is 1. The van der Waals surface area contributed by atoms with E-state index in [9.17, 15) is 14.3 Å². The van der Waals surface area contributed by atoms with Crippen molar-refractivity contribution in [2.24, 2.45) is 0 Å². The number of hydrogen-bond donors (Lipinski definition) is 1. The van der Waals surface area contributed by atoms with E-state index in [-0.39, 0.29) is 6.42 Å². The van der Waals surface area contributed by atoms with Crippen LogP contribution in [0.1, 0.15) is 17.2 Å². The van der Waals surface area contributed by atoms with Crippen LogP contribution in [0.4, 0.5) is 4.39 Å². The minimum atomic E-state index is -0.986. The summed E-state index contributed by atoms with van der Waals surface area (Å²) in [4.78, 5) is 15.2. The van der Waals surface area contributed by atoms with Crippen LogP contribution in [0.5, 0.6) is 5.75 Å². The van der Waals surface area contributed by atoms with Crippen molar-refractivity contribution in [1.82, 2.24) is 4.98 Å². The Morgan fingerprint density at radius 2 is 2.00 bits per heavy atom. The van der Waals surface area contributed by atoms with E-state index in [1.54, 1.807) is 31.4 Å². The van der Waals surface area contributed by atoms with Gasteiger partial charge in [0.1, 0.15) is 17.5 Å². The first-order valence-corrected chi connectivity index (χ1v) is 6.07. The molecule has 0 saturated heterocycles. The van der Waals surface area contributed by atoms with Crippen LogP contribution >= 0.6 is 0 Å². The molecule has 104 valence electrons. The fourth-order valence-electron chi connectivity index (χ4n) is 1.91. The number of aliphatic carboxylic acids is 1. The minimum Gasteiger partial charge on any atom is -0.497 e. The SMILES string of the molecule is COc1ccc(CC(C(=O)O)c2ccc(F)cn2)cc1. The number of carboxylic acids is 1. The number of hydrogen-bond acceptors (Lipinski definition) is 3. The van der Waals surface area contributed by atoms with E-state index in [1.165, 1.54) is 12.1 Å². The van der Waals surface area contributed by atoms with Crippen LogP contribution in [0.2, 0.25) is 0 Å². The molecule has 1 unspecified atom stereocenters. The fourth-order valence-corrected chi connectivity index (χ4v) is 1.91. The van der Waals surface area contributed by atoms with Crippen LogP contribution in [0.3, 0.4) is 0 Å². The Kier molecular flexibility index (Phi) is 4.30. The highest BCUT2D eigenvalue weighted by atomic mass is 19.1. The Labute approximate surface area is 115 Å². The van der Waals surface area contributed by atoms with Gasteiger partial charge in [0.05, 0.1) is 19.0 Å². The van der Waals surface area contributed by atoms with Gasteiger partial charge in [-0.2, -0.15) is 0 Å². The molecule has 1 aromatic heterocycles. The van der Waals surface area contributed by atoms with E-state index in [1.807, 2.05) is 0 Å². The second-order valence-corrected chi connectivity index (χ2v) is 4.34. The van der Waals surface area contributed by atoms with Gasteiger partial charge in [-0.25, -0.2) is 4.39 Å². The van der Waals surface area contributed by atoms with Crippen LogP contribution < -0.4 is 4.74 Å². The Morgan fingerprint density at radius 1 is 1.30 bits per heavy atom. The molecule has 2 rings (SSSR count). The molecule has 20 heavy (non-hydrogen) atoms. The van der Waals surface area contributed by atoms with Gasteiger partial charge in [0.25, 0.3) is 0 Å². The predicted molar refractivity (Wildman–Crippen MR) is 71.3 cm³/mol. The Balaban J connectivity index is 2.20. The third-order valence-electron chi connectivity index (χ3n) is 3.00. The van der Waals surface area contributed by atoms with E-state index < -0.39 is 17.7 Å². The molecule has 0 saturated carbocycles. The van der Waals surface area contributed by atoms with Crippen LogP contribution in [0.25, 0.3) is 0 Å². The second-order valence-electron chi connectivity index (χ2n) is 4.34. The number of methoxy groups -OCH3 is 1. The molecule has 2 aromatic rings. The normalized spacial score (nSPS) is 11.9. The molecular weight excluding hydrogens is 261 g/mol. The van der Waals surface area contributed by atoms with Crippen molar-refractivity contribution in [2.45, 2.75) is 12.3 Å². The van der Waals surface area contributed by atoms with Gasteiger partial charge in [0.15, 0.2) is 0 Å². The van der Waals surface area contributed by atoms with Gasteiger partial charge in [-0.05, 0) is 36.2 Å². The summed E-state index contributed by atoms with van der Waals surface area (Å²) >= 11 is 0. The first-order valence-electron chi connectivity index (χ1n) is 6.07. The van der Waals surface area contributed by atoms with E-state index in [2.05, 4.69) is 4.98 Å².